The third-order valence-corrected chi connectivity index (χ3v) is 4.79. The molecule has 5 heteroatoms. The maximum Gasteiger partial charge on any atom is 0.147 e. The van der Waals surface area contributed by atoms with Crippen LogP contribution in [-0.4, -0.2) is 46.3 Å². The molecule has 3 rings (SSSR count). The Labute approximate surface area is 121 Å². The first kappa shape index (κ1) is 14.0. The van der Waals surface area contributed by atoms with Gasteiger partial charge < -0.3 is 14.8 Å². The van der Waals surface area contributed by atoms with Crippen LogP contribution in [0.25, 0.3) is 0 Å². The lowest BCUT2D eigenvalue weighted by molar-refractivity contribution is 0.211. The van der Waals surface area contributed by atoms with Crippen molar-refractivity contribution < 1.29 is 0 Å². The van der Waals surface area contributed by atoms with Gasteiger partial charge in [-0.05, 0) is 64.7 Å². The van der Waals surface area contributed by atoms with Gasteiger partial charge in [-0.2, -0.15) is 0 Å². The zero-order valence-electron chi connectivity index (χ0n) is 12.6. The quantitative estimate of drug-likeness (QED) is 0.827. The highest BCUT2D eigenvalue weighted by molar-refractivity contribution is 4.98. The molecule has 1 aromatic rings. The Morgan fingerprint density at radius 1 is 1.15 bits per heavy atom. The summed E-state index contributed by atoms with van der Waals surface area (Å²) < 4.78 is 2.31. The first-order valence-corrected chi connectivity index (χ1v) is 8.13. The van der Waals surface area contributed by atoms with Gasteiger partial charge in [0.25, 0.3) is 0 Å². The summed E-state index contributed by atoms with van der Waals surface area (Å²) in [6, 6.07) is 0. The topological polar surface area (TPSA) is 46.0 Å². The van der Waals surface area contributed by atoms with E-state index in [1.165, 1.54) is 51.0 Å². The predicted molar refractivity (Wildman–Crippen MR) is 79.5 cm³/mol. The second kappa shape index (κ2) is 6.68. The Balaban J connectivity index is 1.39. The minimum Gasteiger partial charge on any atom is -0.314 e. The Bertz CT molecular complexity index is 420. The van der Waals surface area contributed by atoms with Crippen molar-refractivity contribution in [3.05, 3.63) is 11.6 Å². The van der Waals surface area contributed by atoms with E-state index in [9.17, 15) is 0 Å². The van der Waals surface area contributed by atoms with Crippen molar-refractivity contribution in [2.45, 2.75) is 51.6 Å². The van der Waals surface area contributed by atoms with Crippen molar-refractivity contribution in [2.75, 3.05) is 26.7 Å². The second-order valence-electron chi connectivity index (χ2n) is 6.35. The van der Waals surface area contributed by atoms with Gasteiger partial charge in [0.2, 0.25) is 0 Å². The zero-order valence-corrected chi connectivity index (χ0v) is 12.6. The van der Waals surface area contributed by atoms with Crippen LogP contribution in [0.4, 0.5) is 0 Å². The highest BCUT2D eigenvalue weighted by atomic mass is 15.3. The van der Waals surface area contributed by atoms with Crippen LogP contribution < -0.4 is 5.32 Å². The highest BCUT2D eigenvalue weighted by Crippen LogP contribution is 2.19. The zero-order chi connectivity index (χ0) is 13.8. The van der Waals surface area contributed by atoms with Gasteiger partial charge >= 0.3 is 0 Å². The molecule has 3 heterocycles. The van der Waals surface area contributed by atoms with Gasteiger partial charge in [0.1, 0.15) is 11.6 Å². The number of nitrogens with one attached hydrogen (secondary N) is 1. The second-order valence-corrected chi connectivity index (χ2v) is 6.35. The van der Waals surface area contributed by atoms with E-state index in [1.54, 1.807) is 0 Å². The van der Waals surface area contributed by atoms with Crippen LogP contribution in [0.15, 0.2) is 0 Å². The molecule has 20 heavy (non-hydrogen) atoms. The van der Waals surface area contributed by atoms with Crippen molar-refractivity contribution in [3.63, 3.8) is 0 Å². The van der Waals surface area contributed by atoms with E-state index in [4.69, 9.17) is 0 Å². The molecule has 0 amide bonds. The van der Waals surface area contributed by atoms with Gasteiger partial charge in [0.15, 0.2) is 0 Å². The lowest BCUT2D eigenvalue weighted by Gasteiger charge is -2.28. The molecular weight excluding hydrogens is 250 g/mol. The SMILES string of the molecule is CN1CCC(CCNCc2nnc3n2CCCC3)CC1. The molecule has 0 unspecified atom stereocenters. The van der Waals surface area contributed by atoms with Crippen LogP contribution in [0.2, 0.25) is 0 Å². The number of nitrogens with zero attached hydrogens (tertiary/aromatic N) is 4. The fraction of sp³-hybridized carbons (Fsp3) is 0.867. The van der Waals surface area contributed by atoms with Crippen LogP contribution >= 0.6 is 0 Å². The first-order valence-electron chi connectivity index (χ1n) is 8.13. The summed E-state index contributed by atoms with van der Waals surface area (Å²) in [6.07, 6.45) is 7.66. The maximum absolute atomic E-state index is 4.34. The molecule has 0 saturated carbocycles. The van der Waals surface area contributed by atoms with Crippen LogP contribution in [-0.2, 0) is 19.5 Å². The van der Waals surface area contributed by atoms with Gasteiger partial charge in [0, 0.05) is 13.0 Å². The molecule has 0 radical (unpaired) electrons. The van der Waals surface area contributed by atoms with Crippen molar-refractivity contribution in [1.29, 1.82) is 0 Å². The van der Waals surface area contributed by atoms with Crippen LogP contribution in [0, 0.1) is 5.92 Å². The van der Waals surface area contributed by atoms with E-state index in [2.05, 4.69) is 32.0 Å². The number of hydrogen-bond acceptors (Lipinski definition) is 4. The summed E-state index contributed by atoms with van der Waals surface area (Å²) in [5, 5.41) is 12.2. The Hall–Kier alpha value is -0.940. The number of rotatable bonds is 5. The van der Waals surface area contributed by atoms with Crippen LogP contribution in [0.5, 0.6) is 0 Å². The van der Waals surface area contributed by atoms with E-state index in [0.717, 1.165) is 37.8 Å². The normalized spacial score (nSPS) is 21.1. The summed E-state index contributed by atoms with van der Waals surface area (Å²) in [7, 11) is 2.23. The largest absolute Gasteiger partial charge is 0.314 e. The molecule has 5 nitrogen and oxygen atoms in total. The van der Waals surface area contributed by atoms with Crippen molar-refractivity contribution in [2.24, 2.45) is 5.92 Å². The number of hydrogen-bond donors (Lipinski definition) is 1. The lowest BCUT2D eigenvalue weighted by Crippen LogP contribution is -2.31. The van der Waals surface area contributed by atoms with E-state index < -0.39 is 0 Å². The monoisotopic (exact) mass is 277 g/mol. The van der Waals surface area contributed by atoms with E-state index in [0.29, 0.717) is 0 Å². The van der Waals surface area contributed by atoms with Gasteiger partial charge in [0.05, 0.1) is 6.54 Å². The van der Waals surface area contributed by atoms with Crippen molar-refractivity contribution >= 4 is 0 Å². The minimum atomic E-state index is 0.875. The average Bonchev–Trinajstić information content (AvgIpc) is 2.89. The van der Waals surface area contributed by atoms with E-state index in [-0.39, 0.29) is 0 Å². The van der Waals surface area contributed by atoms with Gasteiger partial charge in [-0.3, -0.25) is 0 Å². The molecule has 0 atom stereocenters. The van der Waals surface area contributed by atoms with Gasteiger partial charge in [-0.15, -0.1) is 10.2 Å². The third-order valence-electron chi connectivity index (χ3n) is 4.79. The number of aryl methyl sites for hydroxylation is 1. The van der Waals surface area contributed by atoms with Crippen LogP contribution in [0.3, 0.4) is 0 Å². The average molecular weight is 277 g/mol. The number of likely N-dealkylation sites (tertiary alicyclic amines) is 1. The predicted octanol–water partition coefficient (Wildman–Crippen LogP) is 1.44. The maximum atomic E-state index is 4.34. The number of piperidine rings is 1. The molecule has 0 spiro atoms. The third kappa shape index (κ3) is 3.38. The molecule has 0 bridgehead atoms. The lowest BCUT2D eigenvalue weighted by atomic mass is 9.94. The molecule has 1 fully saturated rings. The molecule has 2 aliphatic heterocycles. The Morgan fingerprint density at radius 2 is 2.00 bits per heavy atom. The summed E-state index contributed by atoms with van der Waals surface area (Å²) in [6.45, 7) is 5.62. The molecule has 1 N–H and O–H groups in total. The number of aromatic nitrogens is 3. The smallest absolute Gasteiger partial charge is 0.147 e. The van der Waals surface area contributed by atoms with E-state index >= 15 is 0 Å². The molecule has 0 aliphatic carbocycles. The summed E-state index contributed by atoms with van der Waals surface area (Å²) in [4.78, 5) is 2.44. The standard InChI is InChI=1S/C15H27N5/c1-19-10-6-13(7-11-19)5-8-16-12-15-18-17-14-4-2-3-9-20(14)15/h13,16H,2-12H2,1H3. The molecular formula is C15H27N5. The fourth-order valence-corrected chi connectivity index (χ4v) is 3.36. The van der Waals surface area contributed by atoms with Crippen LogP contribution in [0.1, 0.15) is 43.8 Å². The fourth-order valence-electron chi connectivity index (χ4n) is 3.36. The molecule has 0 aromatic carbocycles. The Morgan fingerprint density at radius 3 is 2.85 bits per heavy atom. The van der Waals surface area contributed by atoms with Crippen molar-refractivity contribution in [1.82, 2.24) is 25.0 Å². The molecule has 2 aliphatic rings. The van der Waals surface area contributed by atoms with Crippen molar-refractivity contribution in [3.8, 4) is 0 Å². The Kier molecular flexibility index (Phi) is 4.68. The summed E-state index contributed by atoms with van der Waals surface area (Å²) in [5.41, 5.74) is 0. The molecule has 1 aromatic heterocycles. The van der Waals surface area contributed by atoms with Gasteiger partial charge in [-0.1, -0.05) is 0 Å². The minimum absolute atomic E-state index is 0.875. The molecule has 1 saturated heterocycles. The summed E-state index contributed by atoms with van der Waals surface area (Å²) in [5.74, 6) is 3.22. The number of fused-ring (bicyclic) bond motifs is 1. The van der Waals surface area contributed by atoms with Gasteiger partial charge in [-0.25, -0.2) is 0 Å². The first-order chi connectivity index (χ1) is 9.83. The van der Waals surface area contributed by atoms with E-state index in [1.807, 2.05) is 0 Å². The summed E-state index contributed by atoms with van der Waals surface area (Å²) >= 11 is 0. The molecule has 112 valence electrons. The highest BCUT2D eigenvalue weighted by Gasteiger charge is 2.17.